The molecule has 0 spiro atoms. The van der Waals surface area contributed by atoms with Crippen LogP contribution in [0.1, 0.15) is 19.4 Å². The van der Waals surface area contributed by atoms with E-state index in [1.807, 2.05) is 37.3 Å². The van der Waals surface area contributed by atoms with Gasteiger partial charge in [0.1, 0.15) is 6.10 Å². The average molecular weight is 207 g/mol. The molecule has 82 valence electrons. The molecule has 0 radical (unpaired) electrons. The van der Waals surface area contributed by atoms with Gasteiger partial charge >= 0.3 is 5.97 Å². The van der Waals surface area contributed by atoms with Crippen LogP contribution in [0.25, 0.3) is 0 Å². The Balaban J connectivity index is 2.48. The quantitative estimate of drug-likeness (QED) is 0.761. The Bertz CT molecular complexity index is 311. The zero-order valence-electron chi connectivity index (χ0n) is 9.14. The van der Waals surface area contributed by atoms with E-state index in [1.165, 1.54) is 6.92 Å². The van der Waals surface area contributed by atoms with E-state index in [0.717, 1.165) is 12.0 Å². The smallest absolute Gasteiger partial charge is 0.302 e. The molecule has 0 bridgehead atoms. The van der Waals surface area contributed by atoms with Crippen LogP contribution in [0.5, 0.6) is 0 Å². The summed E-state index contributed by atoms with van der Waals surface area (Å²) in [6, 6.07) is 9.78. The normalized spacial score (nSPS) is 14.3. The lowest BCUT2D eigenvalue weighted by molar-refractivity contribution is -0.146. The summed E-state index contributed by atoms with van der Waals surface area (Å²) in [6.45, 7) is 3.21. The minimum Gasteiger partial charge on any atom is -0.461 e. The Morgan fingerprint density at radius 1 is 1.40 bits per heavy atom. The van der Waals surface area contributed by atoms with Crippen LogP contribution in [-0.2, 0) is 16.0 Å². The largest absolute Gasteiger partial charge is 0.461 e. The minimum absolute atomic E-state index is 0.156. The second-order valence-corrected chi connectivity index (χ2v) is 3.67. The van der Waals surface area contributed by atoms with Crippen LogP contribution in [0.15, 0.2) is 30.3 Å². The highest BCUT2D eigenvalue weighted by Gasteiger charge is 2.15. The number of benzene rings is 1. The summed E-state index contributed by atoms with van der Waals surface area (Å²) in [5, 5.41) is 0. The molecule has 2 N–H and O–H groups in total. The number of carbonyl (C=O) groups is 1. The van der Waals surface area contributed by atoms with Crippen LogP contribution in [-0.4, -0.2) is 18.1 Å². The summed E-state index contributed by atoms with van der Waals surface area (Å²) in [5.74, 6) is -0.286. The Morgan fingerprint density at radius 3 is 2.53 bits per heavy atom. The number of ether oxygens (including phenoxy) is 1. The molecule has 0 aliphatic heterocycles. The van der Waals surface area contributed by atoms with Gasteiger partial charge in [-0.2, -0.15) is 0 Å². The third kappa shape index (κ3) is 4.13. The summed E-state index contributed by atoms with van der Waals surface area (Å²) < 4.78 is 5.02. The van der Waals surface area contributed by atoms with E-state index in [-0.39, 0.29) is 18.1 Å². The number of esters is 1. The van der Waals surface area contributed by atoms with Gasteiger partial charge in [-0.1, -0.05) is 30.3 Å². The Morgan fingerprint density at radius 2 is 2.00 bits per heavy atom. The van der Waals surface area contributed by atoms with Crippen LogP contribution >= 0.6 is 0 Å². The molecule has 0 aliphatic rings. The summed E-state index contributed by atoms with van der Waals surface area (Å²) >= 11 is 0. The van der Waals surface area contributed by atoms with Crippen molar-refractivity contribution >= 4 is 5.97 Å². The van der Waals surface area contributed by atoms with Crippen LogP contribution < -0.4 is 5.73 Å². The highest BCUT2D eigenvalue weighted by molar-refractivity contribution is 5.66. The fourth-order valence-electron chi connectivity index (χ4n) is 1.40. The molecule has 1 rings (SSSR count). The molecule has 0 saturated heterocycles. The van der Waals surface area contributed by atoms with Crippen LogP contribution in [0.4, 0.5) is 0 Å². The van der Waals surface area contributed by atoms with Gasteiger partial charge in [0.2, 0.25) is 0 Å². The maximum absolute atomic E-state index is 10.7. The summed E-state index contributed by atoms with van der Waals surface area (Å²) in [7, 11) is 0. The predicted molar refractivity (Wildman–Crippen MR) is 59.3 cm³/mol. The molecule has 0 amide bonds. The molecule has 1 aromatic carbocycles. The van der Waals surface area contributed by atoms with E-state index in [9.17, 15) is 4.79 Å². The highest BCUT2D eigenvalue weighted by Crippen LogP contribution is 2.06. The zero-order chi connectivity index (χ0) is 11.3. The number of hydrogen-bond acceptors (Lipinski definition) is 3. The highest BCUT2D eigenvalue weighted by atomic mass is 16.5. The molecule has 1 aromatic rings. The minimum atomic E-state index is -0.286. The SMILES string of the molecule is CC(=O)OC(C)C(N)Cc1ccccc1. The molecule has 0 fully saturated rings. The molecular weight excluding hydrogens is 190 g/mol. The topological polar surface area (TPSA) is 52.3 Å². The van der Waals surface area contributed by atoms with Crippen molar-refractivity contribution in [1.29, 1.82) is 0 Å². The third-order valence-corrected chi connectivity index (χ3v) is 2.27. The first-order valence-corrected chi connectivity index (χ1v) is 5.06. The van der Waals surface area contributed by atoms with Crippen molar-refractivity contribution in [3.63, 3.8) is 0 Å². The van der Waals surface area contributed by atoms with Crippen molar-refractivity contribution in [1.82, 2.24) is 0 Å². The van der Waals surface area contributed by atoms with Gasteiger partial charge in [0.25, 0.3) is 0 Å². The van der Waals surface area contributed by atoms with Gasteiger partial charge in [0.15, 0.2) is 0 Å². The Kier molecular flexibility index (Phi) is 4.31. The van der Waals surface area contributed by atoms with Gasteiger partial charge in [-0.05, 0) is 18.9 Å². The van der Waals surface area contributed by atoms with Crippen LogP contribution in [0, 0.1) is 0 Å². The summed E-state index contributed by atoms with van der Waals surface area (Å²) in [4.78, 5) is 10.7. The molecule has 2 atom stereocenters. The second-order valence-electron chi connectivity index (χ2n) is 3.67. The van der Waals surface area contributed by atoms with Gasteiger partial charge < -0.3 is 10.5 Å². The van der Waals surface area contributed by atoms with Crippen LogP contribution in [0.3, 0.4) is 0 Å². The second kappa shape index (κ2) is 5.51. The molecule has 3 nitrogen and oxygen atoms in total. The molecule has 0 aromatic heterocycles. The average Bonchev–Trinajstić information content (AvgIpc) is 2.18. The van der Waals surface area contributed by atoms with Crippen LogP contribution in [0.2, 0.25) is 0 Å². The summed E-state index contributed by atoms with van der Waals surface area (Å²) in [6.07, 6.45) is 0.470. The molecule has 0 heterocycles. The van der Waals surface area contributed by atoms with Crippen molar-refractivity contribution < 1.29 is 9.53 Å². The number of hydrogen-bond donors (Lipinski definition) is 1. The van der Waals surface area contributed by atoms with Crippen molar-refractivity contribution in [2.24, 2.45) is 5.73 Å². The van der Waals surface area contributed by atoms with Crippen molar-refractivity contribution in [2.75, 3.05) is 0 Å². The van der Waals surface area contributed by atoms with E-state index in [4.69, 9.17) is 10.5 Å². The zero-order valence-corrected chi connectivity index (χ0v) is 9.14. The molecule has 3 heteroatoms. The number of rotatable bonds is 4. The monoisotopic (exact) mass is 207 g/mol. The first-order valence-electron chi connectivity index (χ1n) is 5.06. The third-order valence-electron chi connectivity index (χ3n) is 2.27. The molecule has 0 aliphatic carbocycles. The van der Waals surface area contributed by atoms with Gasteiger partial charge in [-0.3, -0.25) is 4.79 Å². The lowest BCUT2D eigenvalue weighted by atomic mass is 10.0. The Hall–Kier alpha value is -1.35. The van der Waals surface area contributed by atoms with E-state index in [2.05, 4.69) is 0 Å². The first-order chi connectivity index (χ1) is 7.09. The van der Waals surface area contributed by atoms with E-state index >= 15 is 0 Å². The van der Waals surface area contributed by atoms with E-state index in [1.54, 1.807) is 0 Å². The van der Waals surface area contributed by atoms with Gasteiger partial charge in [-0.25, -0.2) is 0 Å². The molecule has 0 saturated carbocycles. The maximum Gasteiger partial charge on any atom is 0.302 e. The maximum atomic E-state index is 10.7. The van der Waals surface area contributed by atoms with Gasteiger partial charge in [0, 0.05) is 13.0 Å². The van der Waals surface area contributed by atoms with Gasteiger partial charge in [0.05, 0.1) is 0 Å². The number of carbonyl (C=O) groups excluding carboxylic acids is 1. The lowest BCUT2D eigenvalue weighted by Gasteiger charge is -2.19. The lowest BCUT2D eigenvalue weighted by Crippen LogP contribution is -2.37. The standard InChI is InChI=1S/C12H17NO2/c1-9(15-10(2)14)12(13)8-11-6-4-3-5-7-11/h3-7,9,12H,8,13H2,1-2H3. The number of nitrogens with two attached hydrogens (primary N) is 1. The van der Waals surface area contributed by atoms with Crippen molar-refractivity contribution in [3.05, 3.63) is 35.9 Å². The van der Waals surface area contributed by atoms with E-state index < -0.39 is 0 Å². The fourth-order valence-corrected chi connectivity index (χ4v) is 1.40. The van der Waals surface area contributed by atoms with Crippen molar-refractivity contribution in [3.8, 4) is 0 Å². The molecule has 2 unspecified atom stereocenters. The predicted octanol–water partition coefficient (Wildman–Crippen LogP) is 1.51. The Labute approximate surface area is 90.2 Å². The summed E-state index contributed by atoms with van der Waals surface area (Å²) in [5.41, 5.74) is 7.08. The van der Waals surface area contributed by atoms with Crippen molar-refractivity contribution in [2.45, 2.75) is 32.4 Å². The molecule has 15 heavy (non-hydrogen) atoms. The van der Waals surface area contributed by atoms with E-state index in [0.29, 0.717) is 0 Å². The first kappa shape index (κ1) is 11.7. The molecular formula is C12H17NO2. The van der Waals surface area contributed by atoms with Gasteiger partial charge in [-0.15, -0.1) is 0 Å². The fraction of sp³-hybridized carbons (Fsp3) is 0.417.